The molecule has 0 aliphatic heterocycles. The lowest BCUT2D eigenvalue weighted by Crippen LogP contribution is -2.23. The molecule has 0 amide bonds. The molecule has 1 atom stereocenters. The Morgan fingerprint density at radius 2 is 1.85 bits per heavy atom. The number of rotatable bonds is 14. The van der Waals surface area contributed by atoms with E-state index in [0.29, 0.717) is 19.6 Å². The minimum absolute atomic E-state index is 0.0381. The van der Waals surface area contributed by atoms with Crippen molar-refractivity contribution >= 4 is 20.0 Å². The average Bonchev–Trinajstić information content (AvgIpc) is 2.62. The van der Waals surface area contributed by atoms with Crippen LogP contribution in [0, 0.1) is 0 Å². The number of hydrogen-bond acceptors (Lipinski definition) is 4. The van der Waals surface area contributed by atoms with Gasteiger partial charge in [0.05, 0.1) is 13.2 Å². The van der Waals surface area contributed by atoms with Crippen molar-refractivity contribution in [2.45, 2.75) is 58.8 Å². The van der Waals surface area contributed by atoms with E-state index in [1.807, 2.05) is 19.9 Å². The number of benzene rings is 1. The van der Waals surface area contributed by atoms with Crippen LogP contribution >= 0.6 is 8.38 Å². The van der Waals surface area contributed by atoms with E-state index < -0.39 is 14.3 Å². The van der Waals surface area contributed by atoms with Gasteiger partial charge in [-0.15, -0.1) is 0 Å². The Labute approximate surface area is 159 Å². The molecular formula is C20H34NO4P. The third kappa shape index (κ3) is 7.61. The number of carboxylic acid groups (broad SMARTS) is 1. The van der Waals surface area contributed by atoms with E-state index in [2.05, 4.69) is 37.4 Å². The lowest BCUT2D eigenvalue weighted by Gasteiger charge is -2.31. The topological polar surface area (TPSA) is 67.8 Å². The zero-order chi connectivity index (χ0) is 19.4. The van der Waals surface area contributed by atoms with Crippen LogP contribution in [-0.4, -0.2) is 37.0 Å². The molecule has 0 saturated carbocycles. The molecule has 1 aromatic rings. The summed E-state index contributed by atoms with van der Waals surface area (Å²) in [6, 6.07) is 8.34. The van der Waals surface area contributed by atoms with Gasteiger partial charge in [0.1, 0.15) is 0 Å². The summed E-state index contributed by atoms with van der Waals surface area (Å²) in [5.41, 5.74) is 2.34. The van der Waals surface area contributed by atoms with E-state index in [0.717, 1.165) is 31.2 Å². The minimum atomic E-state index is -0.843. The molecule has 1 aromatic carbocycles. The molecule has 1 rings (SSSR count). The predicted octanol–water partition coefficient (Wildman–Crippen LogP) is 5.41. The maximum atomic E-state index is 10.9. The number of hydrogen-bond donors (Lipinski definition) is 2. The first kappa shape index (κ1) is 22.9. The maximum Gasteiger partial charge on any atom is 0.303 e. The first-order valence-electron chi connectivity index (χ1n) is 9.55. The number of para-hydroxylation sites is 1. The van der Waals surface area contributed by atoms with Gasteiger partial charge in [-0.3, -0.25) is 4.79 Å². The summed E-state index contributed by atoms with van der Waals surface area (Å²) < 4.78 is 11.3. The van der Waals surface area contributed by atoms with Crippen molar-refractivity contribution in [1.82, 2.24) is 0 Å². The Kier molecular flexibility index (Phi) is 10.8. The molecule has 1 unspecified atom stereocenters. The number of carbonyl (C=O) groups is 1. The van der Waals surface area contributed by atoms with Gasteiger partial charge in [-0.2, -0.15) is 0 Å². The van der Waals surface area contributed by atoms with Crippen LogP contribution in [-0.2, 0) is 19.3 Å². The fraction of sp³-hybridized carbons (Fsp3) is 0.650. The van der Waals surface area contributed by atoms with Gasteiger partial charge in [-0.1, -0.05) is 32.0 Å². The molecule has 0 fully saturated rings. The molecule has 5 nitrogen and oxygen atoms in total. The highest BCUT2D eigenvalue weighted by molar-refractivity contribution is 7.47. The van der Waals surface area contributed by atoms with E-state index >= 15 is 0 Å². The fourth-order valence-electron chi connectivity index (χ4n) is 3.03. The van der Waals surface area contributed by atoms with Crippen LogP contribution < -0.4 is 5.32 Å². The molecule has 148 valence electrons. The molecule has 0 bridgehead atoms. The smallest absolute Gasteiger partial charge is 0.303 e. The van der Waals surface area contributed by atoms with Crippen LogP contribution in [0.1, 0.15) is 58.9 Å². The first-order valence-corrected chi connectivity index (χ1v) is 10.9. The molecule has 0 aromatic heterocycles. The summed E-state index contributed by atoms with van der Waals surface area (Å²) in [6.07, 6.45) is 3.58. The number of nitrogens with one attached hydrogen (secondary N) is 1. The Morgan fingerprint density at radius 3 is 2.42 bits per heavy atom. The normalized spacial score (nSPS) is 13.6. The van der Waals surface area contributed by atoms with Crippen LogP contribution in [0.25, 0.3) is 0 Å². The second-order valence-corrected chi connectivity index (χ2v) is 8.15. The second kappa shape index (κ2) is 12.3. The van der Waals surface area contributed by atoms with Crippen molar-refractivity contribution < 1.29 is 18.9 Å². The minimum Gasteiger partial charge on any atom is -0.481 e. The third-order valence-electron chi connectivity index (χ3n) is 4.63. The molecule has 0 spiro atoms. The summed E-state index contributed by atoms with van der Waals surface area (Å²) >= 11 is 0. The van der Waals surface area contributed by atoms with Crippen LogP contribution in [0.3, 0.4) is 0 Å². The summed E-state index contributed by atoms with van der Waals surface area (Å²) in [5, 5.41) is 12.5. The quantitative estimate of drug-likeness (QED) is 0.421. The highest BCUT2D eigenvalue weighted by atomic mass is 31.2. The predicted molar refractivity (Wildman–Crippen MR) is 109 cm³/mol. The van der Waals surface area contributed by atoms with Crippen molar-refractivity contribution in [2.75, 3.05) is 31.2 Å². The Hall–Kier alpha value is -1.16. The number of anilines is 1. The monoisotopic (exact) mass is 383 g/mol. The van der Waals surface area contributed by atoms with Gasteiger partial charge in [0.2, 0.25) is 0 Å². The highest BCUT2D eigenvalue weighted by Gasteiger charge is 2.27. The molecule has 2 N–H and O–H groups in total. The van der Waals surface area contributed by atoms with E-state index in [4.69, 9.17) is 14.2 Å². The van der Waals surface area contributed by atoms with E-state index in [1.165, 1.54) is 5.56 Å². The van der Waals surface area contributed by atoms with Crippen molar-refractivity contribution in [2.24, 2.45) is 0 Å². The lowest BCUT2D eigenvalue weighted by atomic mass is 9.75. The van der Waals surface area contributed by atoms with E-state index in [9.17, 15) is 4.79 Å². The van der Waals surface area contributed by atoms with Gasteiger partial charge in [0, 0.05) is 24.8 Å². The zero-order valence-electron chi connectivity index (χ0n) is 16.6. The van der Waals surface area contributed by atoms with Gasteiger partial charge in [0.25, 0.3) is 0 Å². The summed E-state index contributed by atoms with van der Waals surface area (Å²) in [6.45, 7) is 10.5. The SMILES string of the molecule is CCOP(CCNc1ccccc1C(C)(CC)CCCC(=O)O)OCC. The van der Waals surface area contributed by atoms with Gasteiger partial charge >= 0.3 is 5.97 Å². The maximum absolute atomic E-state index is 10.9. The fourth-order valence-corrected chi connectivity index (χ4v) is 4.23. The van der Waals surface area contributed by atoms with E-state index in [1.54, 1.807) is 0 Å². The Morgan fingerprint density at radius 1 is 1.19 bits per heavy atom. The van der Waals surface area contributed by atoms with Crippen molar-refractivity contribution in [3.05, 3.63) is 29.8 Å². The summed E-state index contributed by atoms with van der Waals surface area (Å²) in [7, 11) is -0.843. The van der Waals surface area contributed by atoms with E-state index in [-0.39, 0.29) is 11.8 Å². The second-order valence-electron chi connectivity index (χ2n) is 6.53. The molecule has 0 aliphatic rings. The number of carboxylic acids is 1. The molecule has 0 heterocycles. The lowest BCUT2D eigenvalue weighted by molar-refractivity contribution is -0.137. The average molecular weight is 383 g/mol. The van der Waals surface area contributed by atoms with Crippen molar-refractivity contribution in [3.63, 3.8) is 0 Å². The van der Waals surface area contributed by atoms with Gasteiger partial charge < -0.3 is 19.5 Å². The molecule has 26 heavy (non-hydrogen) atoms. The first-order chi connectivity index (χ1) is 12.5. The summed E-state index contributed by atoms with van der Waals surface area (Å²) in [4.78, 5) is 10.9. The van der Waals surface area contributed by atoms with Crippen LogP contribution in [0.15, 0.2) is 24.3 Å². The summed E-state index contributed by atoms with van der Waals surface area (Å²) in [5.74, 6) is -0.727. The number of aliphatic carboxylic acids is 1. The standard InChI is InChI=1S/C20H34NO4P/c1-5-20(4,14-10-13-19(22)23)17-11-8-9-12-18(17)21-15-16-26(24-6-2)25-7-3/h8-9,11-12,21H,5-7,10,13-16H2,1-4H3,(H,22,23). The van der Waals surface area contributed by atoms with Gasteiger partial charge in [0.15, 0.2) is 8.38 Å². The van der Waals surface area contributed by atoms with Crippen molar-refractivity contribution in [1.29, 1.82) is 0 Å². The molecule has 6 heteroatoms. The largest absolute Gasteiger partial charge is 0.481 e. The van der Waals surface area contributed by atoms with Gasteiger partial charge in [-0.05, 0) is 50.2 Å². The molecule has 0 radical (unpaired) electrons. The Balaban J connectivity index is 2.76. The van der Waals surface area contributed by atoms with Crippen LogP contribution in [0.5, 0.6) is 0 Å². The molecule has 0 aliphatic carbocycles. The highest BCUT2D eigenvalue weighted by Crippen LogP contribution is 2.39. The zero-order valence-corrected chi connectivity index (χ0v) is 17.5. The van der Waals surface area contributed by atoms with Gasteiger partial charge in [-0.25, -0.2) is 0 Å². The van der Waals surface area contributed by atoms with Crippen LogP contribution in [0.4, 0.5) is 5.69 Å². The Bertz CT molecular complexity index is 534. The van der Waals surface area contributed by atoms with Crippen molar-refractivity contribution in [3.8, 4) is 0 Å². The molecule has 0 saturated heterocycles. The van der Waals surface area contributed by atoms with Crippen LogP contribution in [0.2, 0.25) is 0 Å². The molecular weight excluding hydrogens is 349 g/mol. The third-order valence-corrected chi connectivity index (χ3v) is 6.31.